The van der Waals surface area contributed by atoms with Crippen LogP contribution in [0.15, 0.2) is 30.6 Å². The molecule has 1 aromatic carbocycles. The molecule has 0 aliphatic rings. The number of ketones is 1. The average molecular weight is 244 g/mol. The van der Waals surface area contributed by atoms with Crippen molar-refractivity contribution >= 4 is 11.5 Å². The lowest BCUT2D eigenvalue weighted by Gasteiger charge is -2.10. The second kappa shape index (κ2) is 5.44. The molecule has 5 heteroatoms. The van der Waals surface area contributed by atoms with Gasteiger partial charge in [0.2, 0.25) is 0 Å². The van der Waals surface area contributed by atoms with Gasteiger partial charge in [-0.3, -0.25) is 9.48 Å². The number of aryl methyl sites for hydroxylation is 1. The summed E-state index contributed by atoms with van der Waals surface area (Å²) < 4.78 is 1.71. The first-order valence-corrected chi connectivity index (χ1v) is 5.91. The van der Waals surface area contributed by atoms with Gasteiger partial charge in [0.15, 0.2) is 5.78 Å². The lowest BCUT2D eigenvalue weighted by molar-refractivity contribution is 0.0989. The minimum Gasteiger partial charge on any atom is -0.377 e. The van der Waals surface area contributed by atoms with E-state index in [1.165, 1.54) is 6.33 Å². The standard InChI is InChI=1S/C13H16N4O/c1-3-12(18)10-6-4-5-7-11(10)14-8-13-15-9-16-17(13)2/h4-7,9,14H,3,8H2,1-2H3. The van der Waals surface area contributed by atoms with Crippen LogP contribution < -0.4 is 5.32 Å². The van der Waals surface area contributed by atoms with E-state index in [1.807, 2.05) is 38.2 Å². The third kappa shape index (κ3) is 2.56. The quantitative estimate of drug-likeness (QED) is 0.817. The molecule has 0 aliphatic carbocycles. The number of nitrogens with one attached hydrogen (secondary N) is 1. The molecule has 18 heavy (non-hydrogen) atoms. The van der Waals surface area contributed by atoms with Crippen LogP contribution >= 0.6 is 0 Å². The van der Waals surface area contributed by atoms with Gasteiger partial charge in [-0.25, -0.2) is 4.98 Å². The Morgan fingerprint density at radius 1 is 1.39 bits per heavy atom. The molecule has 1 aromatic heterocycles. The highest BCUT2D eigenvalue weighted by Gasteiger charge is 2.09. The fourth-order valence-corrected chi connectivity index (χ4v) is 1.73. The Morgan fingerprint density at radius 3 is 2.83 bits per heavy atom. The summed E-state index contributed by atoms with van der Waals surface area (Å²) in [6, 6.07) is 7.52. The molecule has 0 saturated carbocycles. The highest BCUT2D eigenvalue weighted by Crippen LogP contribution is 2.17. The van der Waals surface area contributed by atoms with E-state index in [4.69, 9.17) is 0 Å². The molecule has 5 nitrogen and oxygen atoms in total. The number of hydrogen-bond acceptors (Lipinski definition) is 4. The maximum absolute atomic E-state index is 11.8. The molecule has 0 spiro atoms. The Bertz CT molecular complexity index is 547. The average Bonchev–Trinajstić information content (AvgIpc) is 2.81. The third-order valence-corrected chi connectivity index (χ3v) is 2.79. The maximum atomic E-state index is 11.8. The van der Waals surface area contributed by atoms with E-state index >= 15 is 0 Å². The molecule has 0 radical (unpaired) electrons. The molecule has 1 N–H and O–H groups in total. The van der Waals surface area contributed by atoms with E-state index in [2.05, 4.69) is 15.4 Å². The van der Waals surface area contributed by atoms with Crippen LogP contribution in [-0.4, -0.2) is 20.5 Å². The zero-order chi connectivity index (χ0) is 13.0. The molecule has 1 heterocycles. The van der Waals surface area contributed by atoms with E-state index in [1.54, 1.807) is 4.68 Å². The summed E-state index contributed by atoms with van der Waals surface area (Å²) in [5.41, 5.74) is 1.56. The summed E-state index contributed by atoms with van der Waals surface area (Å²) >= 11 is 0. The number of carbonyl (C=O) groups is 1. The van der Waals surface area contributed by atoms with E-state index < -0.39 is 0 Å². The predicted molar refractivity (Wildman–Crippen MR) is 69.4 cm³/mol. The number of rotatable bonds is 5. The normalized spacial score (nSPS) is 10.3. The van der Waals surface area contributed by atoms with Gasteiger partial charge in [-0.05, 0) is 12.1 Å². The summed E-state index contributed by atoms with van der Waals surface area (Å²) in [5, 5.41) is 7.23. The number of aromatic nitrogens is 3. The molecule has 0 unspecified atom stereocenters. The van der Waals surface area contributed by atoms with E-state index in [0.717, 1.165) is 17.1 Å². The number of anilines is 1. The van der Waals surface area contributed by atoms with Crippen LogP contribution in [0.1, 0.15) is 29.5 Å². The molecule has 2 rings (SSSR count). The van der Waals surface area contributed by atoms with Crippen LogP contribution in [0, 0.1) is 0 Å². The molecule has 0 bridgehead atoms. The maximum Gasteiger partial charge on any atom is 0.164 e. The number of nitrogens with zero attached hydrogens (tertiary/aromatic N) is 3. The van der Waals surface area contributed by atoms with Crippen LogP contribution in [0.5, 0.6) is 0 Å². The summed E-state index contributed by atoms with van der Waals surface area (Å²) in [4.78, 5) is 15.9. The fraction of sp³-hybridized carbons (Fsp3) is 0.308. The summed E-state index contributed by atoms with van der Waals surface area (Å²) in [6.45, 7) is 2.41. The van der Waals surface area contributed by atoms with Crippen LogP contribution in [0.25, 0.3) is 0 Å². The summed E-state index contributed by atoms with van der Waals surface area (Å²) in [6.07, 6.45) is 2.02. The minimum absolute atomic E-state index is 0.135. The zero-order valence-corrected chi connectivity index (χ0v) is 10.6. The lowest BCUT2D eigenvalue weighted by atomic mass is 10.1. The van der Waals surface area contributed by atoms with Gasteiger partial charge in [0.1, 0.15) is 12.2 Å². The van der Waals surface area contributed by atoms with Gasteiger partial charge < -0.3 is 5.32 Å². The van der Waals surface area contributed by atoms with Crippen molar-refractivity contribution in [3.8, 4) is 0 Å². The van der Waals surface area contributed by atoms with Crippen LogP contribution in [0.3, 0.4) is 0 Å². The summed E-state index contributed by atoms with van der Waals surface area (Å²) in [7, 11) is 1.84. The van der Waals surface area contributed by atoms with E-state index in [0.29, 0.717) is 13.0 Å². The van der Waals surface area contributed by atoms with Crippen LogP contribution in [-0.2, 0) is 13.6 Å². The number of hydrogen-bond donors (Lipinski definition) is 1. The lowest BCUT2D eigenvalue weighted by Crippen LogP contribution is -2.09. The van der Waals surface area contributed by atoms with Crippen molar-refractivity contribution in [2.75, 3.05) is 5.32 Å². The Hall–Kier alpha value is -2.17. The van der Waals surface area contributed by atoms with Gasteiger partial charge in [-0.15, -0.1) is 0 Å². The molecule has 0 aliphatic heterocycles. The van der Waals surface area contributed by atoms with Gasteiger partial charge in [0.05, 0.1) is 6.54 Å². The van der Waals surface area contributed by atoms with Crippen molar-refractivity contribution in [3.05, 3.63) is 42.0 Å². The highest BCUT2D eigenvalue weighted by molar-refractivity contribution is 6.00. The number of Topliss-reactive ketones (excluding diaryl/α,β-unsaturated/α-hetero) is 1. The predicted octanol–water partition coefficient (Wildman–Crippen LogP) is 2.02. The Kier molecular flexibility index (Phi) is 3.72. The molecule has 0 fully saturated rings. The second-order valence-electron chi connectivity index (χ2n) is 3.98. The first kappa shape index (κ1) is 12.3. The monoisotopic (exact) mass is 244 g/mol. The van der Waals surface area contributed by atoms with Crippen molar-refractivity contribution in [1.82, 2.24) is 14.8 Å². The van der Waals surface area contributed by atoms with Crippen molar-refractivity contribution in [2.45, 2.75) is 19.9 Å². The number of carbonyl (C=O) groups excluding carboxylic acids is 1. The number of para-hydroxylation sites is 1. The molecule has 2 aromatic rings. The van der Waals surface area contributed by atoms with Gasteiger partial charge in [-0.2, -0.15) is 5.10 Å². The van der Waals surface area contributed by atoms with Gasteiger partial charge in [-0.1, -0.05) is 19.1 Å². The van der Waals surface area contributed by atoms with Crippen LogP contribution in [0.2, 0.25) is 0 Å². The highest BCUT2D eigenvalue weighted by atomic mass is 16.1. The zero-order valence-electron chi connectivity index (χ0n) is 10.6. The first-order chi connectivity index (χ1) is 8.72. The van der Waals surface area contributed by atoms with E-state index in [-0.39, 0.29) is 5.78 Å². The Labute approximate surface area is 106 Å². The minimum atomic E-state index is 0.135. The van der Waals surface area contributed by atoms with Crippen molar-refractivity contribution in [2.24, 2.45) is 7.05 Å². The van der Waals surface area contributed by atoms with Crippen molar-refractivity contribution in [3.63, 3.8) is 0 Å². The largest absolute Gasteiger partial charge is 0.377 e. The van der Waals surface area contributed by atoms with Crippen molar-refractivity contribution in [1.29, 1.82) is 0 Å². The fourth-order valence-electron chi connectivity index (χ4n) is 1.73. The summed E-state index contributed by atoms with van der Waals surface area (Å²) in [5.74, 6) is 0.963. The number of benzene rings is 1. The molecule has 0 amide bonds. The van der Waals surface area contributed by atoms with Gasteiger partial charge in [0.25, 0.3) is 0 Å². The van der Waals surface area contributed by atoms with Gasteiger partial charge in [0, 0.05) is 24.7 Å². The van der Waals surface area contributed by atoms with E-state index in [9.17, 15) is 4.79 Å². The third-order valence-electron chi connectivity index (χ3n) is 2.79. The topological polar surface area (TPSA) is 59.8 Å². The molecular weight excluding hydrogens is 228 g/mol. The van der Waals surface area contributed by atoms with Crippen LogP contribution in [0.4, 0.5) is 5.69 Å². The Morgan fingerprint density at radius 2 is 2.17 bits per heavy atom. The molecule has 0 atom stereocenters. The first-order valence-electron chi connectivity index (χ1n) is 5.91. The second-order valence-corrected chi connectivity index (χ2v) is 3.98. The molecule has 0 saturated heterocycles. The molecular formula is C13H16N4O. The van der Waals surface area contributed by atoms with Gasteiger partial charge >= 0.3 is 0 Å². The SMILES string of the molecule is CCC(=O)c1ccccc1NCc1ncnn1C. The smallest absolute Gasteiger partial charge is 0.164 e. The van der Waals surface area contributed by atoms with Crippen molar-refractivity contribution < 1.29 is 4.79 Å². The molecule has 94 valence electrons. The Balaban J connectivity index is 2.14.